The first-order chi connectivity index (χ1) is 19.9. The highest BCUT2D eigenvalue weighted by Crippen LogP contribution is 2.57. The summed E-state index contributed by atoms with van der Waals surface area (Å²) in [6.45, 7) is 1.78. The summed E-state index contributed by atoms with van der Waals surface area (Å²) in [6.07, 6.45) is 3.72. The summed E-state index contributed by atoms with van der Waals surface area (Å²) >= 11 is 3.49. The van der Waals surface area contributed by atoms with Gasteiger partial charge in [-0.1, -0.05) is 36.4 Å². The summed E-state index contributed by atoms with van der Waals surface area (Å²) in [5.74, 6) is -0.401. The number of para-hydroxylation sites is 1. The number of hydrogen-bond donors (Lipinski definition) is 0. The van der Waals surface area contributed by atoms with E-state index in [2.05, 4.69) is 22.0 Å². The van der Waals surface area contributed by atoms with Crippen molar-refractivity contribution < 1.29 is 28.5 Å². The van der Waals surface area contributed by atoms with Gasteiger partial charge < -0.3 is 23.8 Å². The zero-order valence-corrected chi connectivity index (χ0v) is 24.7. The van der Waals surface area contributed by atoms with Crippen LogP contribution in [-0.2, 0) is 9.53 Å². The molecule has 4 atom stereocenters. The topological polar surface area (TPSA) is 98.1 Å². The van der Waals surface area contributed by atoms with Crippen LogP contribution in [0.3, 0.4) is 0 Å². The molecule has 3 aromatic rings. The van der Waals surface area contributed by atoms with E-state index >= 15 is 0 Å². The minimum absolute atomic E-state index is 0.0813. The molecule has 0 N–H and O–H groups in total. The second-order valence-electron chi connectivity index (χ2n) is 9.72. The molecule has 2 aliphatic heterocycles. The minimum Gasteiger partial charge on any atom is -0.496 e. The first-order valence-corrected chi connectivity index (χ1v) is 13.9. The quantitative estimate of drug-likeness (QED) is 0.231. The number of fused-ring (bicyclic) bond motifs is 3. The van der Waals surface area contributed by atoms with Crippen molar-refractivity contribution in [3.8, 4) is 23.3 Å². The minimum atomic E-state index is -1.76. The van der Waals surface area contributed by atoms with Crippen LogP contribution in [0.4, 0.5) is 5.69 Å². The van der Waals surface area contributed by atoms with Gasteiger partial charge in [-0.3, -0.25) is 9.59 Å². The van der Waals surface area contributed by atoms with E-state index in [-0.39, 0.29) is 12.4 Å². The van der Waals surface area contributed by atoms with Crippen molar-refractivity contribution in [3.63, 3.8) is 0 Å². The number of anilines is 1. The van der Waals surface area contributed by atoms with Crippen molar-refractivity contribution in [1.82, 2.24) is 0 Å². The lowest BCUT2D eigenvalue weighted by molar-refractivity contribution is -0.152. The molecule has 1 fully saturated rings. The number of benzene rings is 3. The number of carbonyl (C=O) groups excluding carboxylic acids is 2. The Labute approximate surface area is 247 Å². The summed E-state index contributed by atoms with van der Waals surface area (Å²) in [4.78, 5) is 30.5. The number of ketones is 1. The molecule has 0 aliphatic carbocycles. The Morgan fingerprint density at radius 3 is 2.34 bits per heavy atom. The molecule has 0 unspecified atom stereocenters. The average molecular weight is 617 g/mol. The third-order valence-corrected chi connectivity index (χ3v) is 8.43. The molecule has 8 nitrogen and oxygen atoms in total. The van der Waals surface area contributed by atoms with Gasteiger partial charge in [-0.05, 0) is 70.4 Å². The van der Waals surface area contributed by atoms with Crippen LogP contribution in [0.5, 0.6) is 17.2 Å². The zero-order valence-electron chi connectivity index (χ0n) is 23.1. The summed E-state index contributed by atoms with van der Waals surface area (Å²) in [5, 5.41) is 10.9. The predicted octanol–water partition coefficient (Wildman–Crippen LogP) is 5.80. The third-order valence-electron chi connectivity index (χ3n) is 7.82. The molecule has 210 valence electrons. The van der Waals surface area contributed by atoms with Crippen LogP contribution in [0.2, 0.25) is 0 Å². The van der Waals surface area contributed by atoms with E-state index in [0.717, 1.165) is 11.3 Å². The lowest BCUT2D eigenvalue weighted by atomic mass is 9.68. The summed E-state index contributed by atoms with van der Waals surface area (Å²) in [7, 11) is 4.59. The van der Waals surface area contributed by atoms with Gasteiger partial charge in [0.1, 0.15) is 11.8 Å². The number of nitrogens with zero attached hydrogens (tertiary/aromatic N) is 2. The van der Waals surface area contributed by atoms with Gasteiger partial charge in [-0.15, -0.1) is 0 Å². The zero-order chi connectivity index (χ0) is 29.3. The molecule has 0 bridgehead atoms. The number of halogens is 1. The van der Waals surface area contributed by atoms with Gasteiger partial charge in [0.05, 0.1) is 44.5 Å². The van der Waals surface area contributed by atoms with E-state index in [1.807, 2.05) is 41.3 Å². The second-order valence-corrected chi connectivity index (χ2v) is 10.6. The highest BCUT2D eigenvalue weighted by atomic mass is 79.9. The Balaban J connectivity index is 1.82. The number of esters is 1. The molecule has 0 saturated carbocycles. The average Bonchev–Trinajstić information content (AvgIpc) is 3.32. The SMILES string of the molecule is CCOC(=O)[C@@]1(C#N)[C@@H](c2ccc(OC)c(OC)c2)[C@@H](C(=O)c2ccc(OC)c(Br)c2)N2c3ccccc3C=C[C@@H]21. The van der Waals surface area contributed by atoms with Crippen LogP contribution in [-0.4, -0.2) is 51.8 Å². The van der Waals surface area contributed by atoms with E-state index in [9.17, 15) is 14.9 Å². The lowest BCUT2D eigenvalue weighted by Crippen LogP contribution is -2.47. The van der Waals surface area contributed by atoms with Gasteiger partial charge in [0, 0.05) is 17.2 Å². The first kappa shape index (κ1) is 28.2. The maximum absolute atomic E-state index is 14.7. The summed E-state index contributed by atoms with van der Waals surface area (Å²) < 4.78 is 22.6. The number of carbonyl (C=O) groups is 2. The van der Waals surface area contributed by atoms with Crippen molar-refractivity contribution in [3.05, 3.63) is 87.9 Å². The van der Waals surface area contributed by atoms with E-state index in [1.165, 1.54) is 14.2 Å². The Hall–Kier alpha value is -4.29. The van der Waals surface area contributed by atoms with Crippen LogP contribution in [0, 0.1) is 16.7 Å². The Morgan fingerprint density at radius 1 is 0.976 bits per heavy atom. The van der Waals surface area contributed by atoms with E-state index in [0.29, 0.717) is 32.8 Å². The van der Waals surface area contributed by atoms with E-state index in [1.54, 1.807) is 50.4 Å². The fourth-order valence-corrected chi connectivity index (χ4v) is 6.57. The first-order valence-electron chi connectivity index (χ1n) is 13.1. The van der Waals surface area contributed by atoms with Gasteiger partial charge in [0.15, 0.2) is 22.7 Å². The standard InChI is InChI=1S/C32H29BrN2O6/c1-5-41-31(37)32(18-34)27-15-12-19-8-6-7-9-23(19)35(27)29(30(36)21-11-13-24(38-2)22(33)16-21)28(32)20-10-14-25(39-3)26(17-20)40-4/h6-17,27-29H,5H2,1-4H3/t27-,28+,29+,32-/m1/s1. The smallest absolute Gasteiger partial charge is 0.329 e. The molecule has 2 heterocycles. The summed E-state index contributed by atoms with van der Waals surface area (Å²) in [5.41, 5.74) is 0.836. The highest BCUT2D eigenvalue weighted by Gasteiger charge is 2.67. The van der Waals surface area contributed by atoms with Crippen molar-refractivity contribution in [2.24, 2.45) is 5.41 Å². The van der Waals surface area contributed by atoms with Crippen LogP contribution in [0.15, 0.2) is 71.2 Å². The molecule has 41 heavy (non-hydrogen) atoms. The normalized spacial score (nSPS) is 22.2. The van der Waals surface area contributed by atoms with Gasteiger partial charge in [-0.2, -0.15) is 5.26 Å². The van der Waals surface area contributed by atoms with Gasteiger partial charge in [0.2, 0.25) is 0 Å². The summed E-state index contributed by atoms with van der Waals surface area (Å²) in [6, 6.07) is 18.6. The molecule has 0 radical (unpaired) electrons. The van der Waals surface area contributed by atoms with Crippen LogP contribution >= 0.6 is 15.9 Å². The van der Waals surface area contributed by atoms with E-state index < -0.39 is 29.4 Å². The van der Waals surface area contributed by atoms with Crippen molar-refractivity contribution in [1.29, 1.82) is 5.26 Å². The maximum atomic E-state index is 14.7. The maximum Gasteiger partial charge on any atom is 0.329 e. The lowest BCUT2D eigenvalue weighted by Gasteiger charge is -2.36. The number of Topliss-reactive ketones (excluding diaryl/α,β-unsaturated/α-hetero) is 1. The monoisotopic (exact) mass is 616 g/mol. The Bertz CT molecular complexity index is 1580. The highest BCUT2D eigenvalue weighted by molar-refractivity contribution is 9.10. The van der Waals surface area contributed by atoms with Crippen molar-refractivity contribution in [2.75, 3.05) is 32.8 Å². The van der Waals surface area contributed by atoms with Gasteiger partial charge in [0.25, 0.3) is 0 Å². The molecule has 9 heteroatoms. The second kappa shape index (κ2) is 11.3. The third kappa shape index (κ3) is 4.43. The number of hydrogen-bond acceptors (Lipinski definition) is 8. The molecule has 1 saturated heterocycles. The molecular formula is C32H29BrN2O6. The predicted molar refractivity (Wildman–Crippen MR) is 158 cm³/mol. The molecule has 0 aromatic heterocycles. The van der Waals surface area contributed by atoms with Gasteiger partial charge in [-0.25, -0.2) is 0 Å². The van der Waals surface area contributed by atoms with Crippen molar-refractivity contribution >= 4 is 39.4 Å². The molecule has 2 aliphatic rings. The number of ether oxygens (including phenoxy) is 4. The molecule has 0 spiro atoms. The van der Waals surface area contributed by atoms with Crippen LogP contribution in [0.25, 0.3) is 6.08 Å². The Morgan fingerprint density at radius 2 is 1.68 bits per heavy atom. The van der Waals surface area contributed by atoms with Gasteiger partial charge >= 0.3 is 5.97 Å². The number of nitriles is 1. The fraction of sp³-hybridized carbons (Fsp3) is 0.281. The fourth-order valence-electron chi connectivity index (χ4n) is 6.03. The van der Waals surface area contributed by atoms with Crippen molar-refractivity contribution in [2.45, 2.75) is 24.9 Å². The van der Waals surface area contributed by atoms with Crippen LogP contribution in [0.1, 0.15) is 34.3 Å². The molecule has 5 rings (SSSR count). The molecule has 3 aromatic carbocycles. The van der Waals surface area contributed by atoms with E-state index in [4.69, 9.17) is 18.9 Å². The molecular weight excluding hydrogens is 588 g/mol. The van der Waals surface area contributed by atoms with Crippen LogP contribution < -0.4 is 19.1 Å². The Kier molecular flexibility index (Phi) is 7.78. The molecule has 0 amide bonds. The largest absolute Gasteiger partial charge is 0.496 e. The number of methoxy groups -OCH3 is 3. The number of rotatable bonds is 8.